The highest BCUT2D eigenvalue weighted by molar-refractivity contribution is 7.59. The summed E-state index contributed by atoms with van der Waals surface area (Å²) in [5.41, 5.74) is 2.68. The maximum Gasteiger partial charge on any atom is 0.425 e. The summed E-state index contributed by atoms with van der Waals surface area (Å²) in [7, 11) is -9.33. The highest BCUT2D eigenvalue weighted by Gasteiger charge is 2.33. The van der Waals surface area contributed by atoms with Crippen molar-refractivity contribution in [2.45, 2.75) is 125 Å². The van der Waals surface area contributed by atoms with Gasteiger partial charge in [-0.1, -0.05) is 88.6 Å². The molecule has 3 aromatic rings. The summed E-state index contributed by atoms with van der Waals surface area (Å²) in [5, 5.41) is 0.503. The maximum absolute atomic E-state index is 11.9. The summed E-state index contributed by atoms with van der Waals surface area (Å²) < 4.78 is 81.3. The number of unbranched alkanes of at least 4 members (excludes halogenated alkanes) is 3. The monoisotopic (exact) mass is 1010 g/mol. The number of ketones is 4. The van der Waals surface area contributed by atoms with Gasteiger partial charge < -0.3 is 9.57 Å². The summed E-state index contributed by atoms with van der Waals surface area (Å²) in [6.07, 6.45) is 7.33. The van der Waals surface area contributed by atoms with E-state index in [4.69, 9.17) is 47.5 Å². The third-order valence-electron chi connectivity index (χ3n) is 8.35. The molecule has 0 aliphatic carbocycles. The molecule has 1 fully saturated rings. The zero-order chi connectivity index (χ0) is 52.6. The van der Waals surface area contributed by atoms with Crippen molar-refractivity contribution in [3.05, 3.63) is 106 Å². The lowest BCUT2D eigenvalue weighted by molar-refractivity contribution is -0.172. The van der Waals surface area contributed by atoms with Crippen molar-refractivity contribution < 1.29 is 85.8 Å². The lowest BCUT2D eigenvalue weighted by Crippen LogP contribution is -2.32. The van der Waals surface area contributed by atoms with Gasteiger partial charge in [-0.25, -0.2) is 9.59 Å². The van der Waals surface area contributed by atoms with Crippen molar-refractivity contribution in [1.29, 1.82) is 0 Å². The van der Waals surface area contributed by atoms with E-state index in [-0.39, 0.29) is 47.5 Å². The molecule has 1 saturated heterocycles. The lowest BCUT2D eigenvalue weighted by Gasteiger charge is -2.19. The van der Waals surface area contributed by atoms with E-state index in [0.29, 0.717) is 52.1 Å². The number of nitrogens with zero attached hydrogens (tertiary/aromatic N) is 1. The molecule has 2 amide bonds. The average molecular weight is 1010 g/mol. The molecule has 3 aromatic carbocycles. The smallest absolute Gasteiger partial charge is 0.425 e. The average Bonchev–Trinajstić information content (AvgIpc) is 3.58. The van der Waals surface area contributed by atoms with Gasteiger partial charge in [0.05, 0.1) is 11.1 Å². The van der Waals surface area contributed by atoms with Crippen LogP contribution in [0.3, 0.4) is 0 Å². The Morgan fingerprint density at radius 2 is 0.721 bits per heavy atom. The van der Waals surface area contributed by atoms with Gasteiger partial charge in [0.2, 0.25) is 0 Å². The molecule has 1 aliphatic heterocycles. The van der Waals surface area contributed by atoms with Crippen LogP contribution in [0.4, 0.5) is 0 Å². The molecule has 0 bridgehead atoms. The molecule has 68 heavy (non-hydrogen) atoms. The summed E-state index contributed by atoms with van der Waals surface area (Å²) in [5.74, 6) is -1.87. The molecule has 1 heterocycles. The molecular weight excluding hydrogens is 955 g/mol. The van der Waals surface area contributed by atoms with Crippen molar-refractivity contribution in [3.63, 3.8) is 0 Å². The van der Waals surface area contributed by atoms with Crippen molar-refractivity contribution in [2.24, 2.45) is 0 Å². The molecule has 1 aliphatic rings. The molecule has 0 unspecified atom stereocenters. The summed E-state index contributed by atoms with van der Waals surface area (Å²) >= 11 is 0. The molecular formula is C45H55NO19S3. The Bertz CT molecular complexity index is 2410. The second-order valence-electron chi connectivity index (χ2n) is 14.9. The third kappa shape index (κ3) is 30.5. The van der Waals surface area contributed by atoms with Crippen LogP contribution < -0.4 is 0 Å². The number of carbonyl (C=O) groups is 8. The minimum atomic E-state index is -3.11. The van der Waals surface area contributed by atoms with Crippen LogP contribution in [0, 0.1) is 0 Å². The minimum absolute atomic E-state index is 0.0201. The first-order chi connectivity index (χ1) is 31.7. The molecule has 372 valence electrons. The van der Waals surface area contributed by atoms with Crippen molar-refractivity contribution >= 4 is 78.7 Å². The SMILES string of the molecule is CCCCC(=O)c1ccc(C(=O)OC(C)(C)C)cc1.CCCCC(=O)c1ccc(C(=O)ON2C(=O)CCC2=O)cc1.CCCCC(=O)c1ccc(C(C)=O)cc1.O=S(=O)=O.O=S(=O)=O.O=S(=O)=O. The largest absolute Gasteiger partial charge is 0.456 e. The molecule has 4 rings (SSSR count). The Kier molecular flexibility index (Phi) is 32.2. The van der Waals surface area contributed by atoms with Gasteiger partial charge in [0.25, 0.3) is 11.8 Å². The highest BCUT2D eigenvalue weighted by Crippen LogP contribution is 2.17. The van der Waals surface area contributed by atoms with E-state index in [1.165, 1.54) is 19.1 Å². The van der Waals surface area contributed by atoms with Gasteiger partial charge in [0.15, 0.2) is 23.1 Å². The van der Waals surface area contributed by atoms with Gasteiger partial charge in [-0.3, -0.25) is 28.8 Å². The van der Waals surface area contributed by atoms with Crippen molar-refractivity contribution in [1.82, 2.24) is 5.06 Å². The predicted octanol–water partition coefficient (Wildman–Crippen LogP) is 6.54. The molecule has 0 atom stereocenters. The van der Waals surface area contributed by atoms with E-state index in [0.717, 1.165) is 38.5 Å². The van der Waals surface area contributed by atoms with Crippen LogP contribution in [0.2, 0.25) is 0 Å². The number of imide groups is 1. The quantitative estimate of drug-likeness (QED) is 0.0834. The van der Waals surface area contributed by atoms with E-state index in [9.17, 15) is 38.4 Å². The Morgan fingerprint density at radius 3 is 0.971 bits per heavy atom. The number of hydrogen-bond acceptors (Lipinski definition) is 19. The number of benzene rings is 3. The van der Waals surface area contributed by atoms with E-state index < -0.39 is 55.2 Å². The van der Waals surface area contributed by atoms with E-state index in [1.807, 2.05) is 27.7 Å². The summed E-state index contributed by atoms with van der Waals surface area (Å²) in [6, 6.07) is 19.5. The number of rotatable bonds is 16. The Hall–Kier alpha value is -6.72. The predicted molar refractivity (Wildman–Crippen MR) is 242 cm³/mol. The molecule has 20 nitrogen and oxygen atoms in total. The second kappa shape index (κ2) is 34.6. The maximum atomic E-state index is 11.9. The fourth-order valence-electron chi connectivity index (χ4n) is 5.05. The summed E-state index contributed by atoms with van der Waals surface area (Å²) in [6.45, 7) is 13.1. The van der Waals surface area contributed by atoms with E-state index in [1.54, 1.807) is 60.7 Å². The first kappa shape index (κ1) is 63.4. The number of ether oxygens (including phenoxy) is 1. The van der Waals surface area contributed by atoms with Gasteiger partial charge in [0.1, 0.15) is 5.60 Å². The molecule has 0 spiro atoms. The first-order valence-electron chi connectivity index (χ1n) is 20.7. The van der Waals surface area contributed by atoms with Gasteiger partial charge >= 0.3 is 43.8 Å². The van der Waals surface area contributed by atoms with Gasteiger partial charge in [-0.15, -0.1) is 42.9 Å². The number of esters is 1. The normalized spacial score (nSPS) is 11.0. The number of carbonyl (C=O) groups excluding carboxylic acids is 8. The third-order valence-corrected chi connectivity index (χ3v) is 8.35. The zero-order valence-corrected chi connectivity index (χ0v) is 41.1. The second-order valence-corrected chi connectivity index (χ2v) is 16.2. The lowest BCUT2D eigenvalue weighted by atomic mass is 10.0. The molecule has 0 aromatic heterocycles. The van der Waals surface area contributed by atoms with Crippen LogP contribution in [-0.2, 0) is 51.0 Å². The summed E-state index contributed by atoms with van der Waals surface area (Å²) in [4.78, 5) is 97.5. The van der Waals surface area contributed by atoms with E-state index in [2.05, 4.69) is 13.8 Å². The number of hydroxylamine groups is 2. The van der Waals surface area contributed by atoms with Crippen molar-refractivity contribution in [2.75, 3.05) is 0 Å². The van der Waals surface area contributed by atoms with Crippen LogP contribution >= 0.6 is 0 Å². The van der Waals surface area contributed by atoms with Crippen LogP contribution in [0.25, 0.3) is 0 Å². The standard InChI is InChI=1S/C16H17NO5.C16H22O3.C13H16O2.3O3S/c1-2-3-4-13(18)11-5-7-12(8-6-11)16(21)22-17-14(19)9-10-15(17)20;1-5-6-7-14(17)12-8-10-13(11-9-12)15(18)19-16(2,3)4;1-3-4-5-13(15)12-8-6-11(7-9-12)10(2)14;3*1-4(2)3/h5-8H,2-4,9-10H2,1H3;8-11H,5-7H2,1-4H3;6-9H,3-5H2,1-2H3;;;. The molecule has 23 heteroatoms. The van der Waals surface area contributed by atoms with Crippen LogP contribution in [-0.4, -0.2) is 95.4 Å². The van der Waals surface area contributed by atoms with Crippen LogP contribution in [0.15, 0.2) is 72.8 Å². The number of Topliss-reactive ketones (excluding diaryl/α,β-unsaturated/α-hetero) is 4. The van der Waals surface area contributed by atoms with Gasteiger partial charge in [-0.2, -0.15) is 0 Å². The Morgan fingerprint density at radius 1 is 0.471 bits per heavy atom. The van der Waals surface area contributed by atoms with Crippen LogP contribution in [0.1, 0.15) is 181 Å². The molecule has 0 N–H and O–H groups in total. The minimum Gasteiger partial charge on any atom is -0.456 e. The van der Waals surface area contributed by atoms with E-state index >= 15 is 0 Å². The van der Waals surface area contributed by atoms with Crippen molar-refractivity contribution in [3.8, 4) is 0 Å². The zero-order valence-electron chi connectivity index (χ0n) is 38.6. The topological polar surface area (TPSA) is 312 Å². The molecule has 0 saturated carbocycles. The van der Waals surface area contributed by atoms with Gasteiger partial charge in [-0.05, 0) is 71.2 Å². The first-order valence-corrected chi connectivity index (χ1v) is 23.7. The van der Waals surface area contributed by atoms with Gasteiger partial charge in [0, 0.05) is 54.4 Å². The fraction of sp³-hybridized carbons (Fsp3) is 0.422. The highest BCUT2D eigenvalue weighted by atomic mass is 32.2. The number of amides is 2. The Labute approximate surface area is 398 Å². The molecule has 0 radical (unpaired) electrons. The number of hydrogen-bond donors (Lipinski definition) is 0. The van der Waals surface area contributed by atoms with Crippen LogP contribution in [0.5, 0.6) is 0 Å². The Balaban J connectivity index is 0. The fourth-order valence-corrected chi connectivity index (χ4v) is 5.05.